The first-order chi connectivity index (χ1) is 8.60. The molecule has 2 rings (SSSR count). The average Bonchev–Trinajstić information content (AvgIpc) is 2.36. The molecule has 2 atom stereocenters. The summed E-state index contributed by atoms with van der Waals surface area (Å²) in [5, 5.41) is 0. The molecule has 18 heavy (non-hydrogen) atoms. The molecule has 1 fully saturated rings. The maximum Gasteiger partial charge on any atom is 0.0674 e. The summed E-state index contributed by atoms with van der Waals surface area (Å²) < 4.78 is 5.67. The van der Waals surface area contributed by atoms with E-state index < -0.39 is 0 Å². The van der Waals surface area contributed by atoms with Gasteiger partial charge in [-0.1, -0.05) is 18.2 Å². The third kappa shape index (κ3) is 3.10. The molecular weight excluding hydrogens is 224 g/mol. The summed E-state index contributed by atoms with van der Waals surface area (Å²) in [5.41, 5.74) is 9.61. The predicted molar refractivity (Wildman–Crippen MR) is 74.4 cm³/mol. The summed E-state index contributed by atoms with van der Waals surface area (Å²) in [4.78, 5) is 2.50. The second kappa shape index (κ2) is 5.83. The van der Waals surface area contributed by atoms with Gasteiger partial charge in [-0.2, -0.15) is 0 Å². The van der Waals surface area contributed by atoms with Crippen LogP contribution in [-0.2, 0) is 17.8 Å². The van der Waals surface area contributed by atoms with Crippen LogP contribution >= 0.6 is 0 Å². The molecule has 3 nitrogen and oxygen atoms in total. The van der Waals surface area contributed by atoms with E-state index in [-0.39, 0.29) is 0 Å². The lowest BCUT2D eigenvalue weighted by molar-refractivity contribution is -0.0527. The molecule has 100 valence electrons. The Morgan fingerprint density at radius 1 is 1.39 bits per heavy atom. The third-order valence-electron chi connectivity index (χ3n) is 3.75. The maximum atomic E-state index is 5.67. The van der Waals surface area contributed by atoms with Gasteiger partial charge in [0.1, 0.15) is 0 Å². The van der Waals surface area contributed by atoms with Crippen molar-refractivity contribution in [2.75, 3.05) is 13.2 Å². The van der Waals surface area contributed by atoms with Gasteiger partial charge in [0, 0.05) is 25.7 Å². The van der Waals surface area contributed by atoms with Gasteiger partial charge in [-0.15, -0.1) is 0 Å². The molecule has 0 aliphatic carbocycles. The van der Waals surface area contributed by atoms with Crippen LogP contribution in [0.1, 0.15) is 30.5 Å². The van der Waals surface area contributed by atoms with Crippen molar-refractivity contribution in [2.24, 2.45) is 5.73 Å². The Morgan fingerprint density at radius 2 is 2.17 bits per heavy atom. The van der Waals surface area contributed by atoms with Crippen molar-refractivity contribution in [1.29, 1.82) is 0 Å². The van der Waals surface area contributed by atoms with Crippen molar-refractivity contribution in [3.05, 3.63) is 34.9 Å². The molecule has 0 bridgehead atoms. The second-order valence-electron chi connectivity index (χ2n) is 5.39. The van der Waals surface area contributed by atoms with Crippen LogP contribution in [0.3, 0.4) is 0 Å². The molecule has 1 aliphatic heterocycles. The van der Waals surface area contributed by atoms with Crippen LogP contribution < -0.4 is 5.73 Å². The minimum Gasteiger partial charge on any atom is -0.376 e. The highest BCUT2D eigenvalue weighted by Gasteiger charge is 2.23. The van der Waals surface area contributed by atoms with Gasteiger partial charge in [-0.25, -0.2) is 0 Å². The number of nitrogens with two attached hydrogens (primary N) is 1. The van der Waals surface area contributed by atoms with E-state index in [4.69, 9.17) is 10.5 Å². The number of rotatable bonds is 3. The smallest absolute Gasteiger partial charge is 0.0674 e. The molecule has 0 spiro atoms. The third-order valence-corrected chi connectivity index (χ3v) is 3.75. The van der Waals surface area contributed by atoms with Crippen molar-refractivity contribution in [1.82, 2.24) is 4.90 Å². The van der Waals surface area contributed by atoms with Crippen LogP contribution in [0, 0.1) is 6.92 Å². The summed E-state index contributed by atoms with van der Waals surface area (Å²) in [6, 6.07) is 7.04. The van der Waals surface area contributed by atoms with Crippen LogP contribution in [0.2, 0.25) is 0 Å². The van der Waals surface area contributed by atoms with Gasteiger partial charge in [-0.3, -0.25) is 4.90 Å². The summed E-state index contributed by atoms with van der Waals surface area (Å²) in [7, 11) is 0. The van der Waals surface area contributed by atoms with Crippen LogP contribution in [0.4, 0.5) is 0 Å². The Kier molecular flexibility index (Phi) is 4.38. The van der Waals surface area contributed by atoms with Crippen molar-refractivity contribution in [2.45, 2.75) is 46.0 Å². The van der Waals surface area contributed by atoms with E-state index in [1.54, 1.807) is 0 Å². The first kappa shape index (κ1) is 13.5. The molecule has 1 aromatic rings. The number of hydrogen-bond donors (Lipinski definition) is 1. The number of morpholine rings is 1. The average molecular weight is 248 g/mol. The highest BCUT2D eigenvalue weighted by atomic mass is 16.5. The summed E-state index contributed by atoms with van der Waals surface area (Å²) >= 11 is 0. The van der Waals surface area contributed by atoms with Gasteiger partial charge in [-0.05, 0) is 37.5 Å². The van der Waals surface area contributed by atoms with E-state index >= 15 is 0 Å². The lowest BCUT2D eigenvalue weighted by Crippen LogP contribution is -2.46. The zero-order valence-corrected chi connectivity index (χ0v) is 11.6. The van der Waals surface area contributed by atoms with Crippen LogP contribution in [0.5, 0.6) is 0 Å². The topological polar surface area (TPSA) is 38.5 Å². The molecule has 1 heterocycles. The molecule has 0 saturated carbocycles. The zero-order valence-electron chi connectivity index (χ0n) is 11.6. The molecule has 0 aromatic heterocycles. The van der Waals surface area contributed by atoms with Gasteiger partial charge < -0.3 is 10.5 Å². The van der Waals surface area contributed by atoms with E-state index in [1.165, 1.54) is 16.7 Å². The van der Waals surface area contributed by atoms with E-state index in [9.17, 15) is 0 Å². The molecule has 0 radical (unpaired) electrons. The van der Waals surface area contributed by atoms with Crippen molar-refractivity contribution >= 4 is 0 Å². The molecule has 1 aromatic carbocycles. The SMILES string of the molecule is Cc1cc(CN)ccc1CN1CC(C)OCC1C. The monoisotopic (exact) mass is 248 g/mol. The summed E-state index contributed by atoms with van der Waals surface area (Å²) in [5.74, 6) is 0. The Morgan fingerprint density at radius 3 is 2.83 bits per heavy atom. The summed E-state index contributed by atoms with van der Waals surface area (Å²) in [6.07, 6.45) is 0.338. The molecular formula is C15H24N2O. The Balaban J connectivity index is 2.08. The molecule has 1 saturated heterocycles. The standard InChI is InChI=1S/C15H24N2O/c1-11-6-14(7-16)4-5-15(11)9-17-8-13(3)18-10-12(17)2/h4-6,12-13H,7-10,16H2,1-3H3. The minimum atomic E-state index is 0.338. The first-order valence-electron chi connectivity index (χ1n) is 6.74. The fourth-order valence-electron chi connectivity index (χ4n) is 2.47. The minimum absolute atomic E-state index is 0.338. The predicted octanol–water partition coefficient (Wildman–Crippen LogP) is 2.06. The molecule has 1 aliphatic rings. The first-order valence-corrected chi connectivity index (χ1v) is 6.74. The zero-order chi connectivity index (χ0) is 13.1. The normalized spacial score (nSPS) is 25.3. The Labute approximate surface area is 110 Å². The quantitative estimate of drug-likeness (QED) is 0.890. The summed E-state index contributed by atoms with van der Waals surface area (Å²) in [6.45, 7) is 10.0. The van der Waals surface area contributed by atoms with Crippen molar-refractivity contribution in [3.8, 4) is 0 Å². The van der Waals surface area contributed by atoms with Crippen molar-refractivity contribution < 1.29 is 4.74 Å². The van der Waals surface area contributed by atoms with Gasteiger partial charge in [0.05, 0.1) is 12.7 Å². The van der Waals surface area contributed by atoms with E-state index in [2.05, 4.69) is 43.9 Å². The lowest BCUT2D eigenvalue weighted by atomic mass is 10.0. The van der Waals surface area contributed by atoms with Crippen LogP contribution in [-0.4, -0.2) is 30.2 Å². The van der Waals surface area contributed by atoms with E-state index in [1.807, 2.05) is 0 Å². The number of hydrogen-bond acceptors (Lipinski definition) is 3. The highest BCUT2D eigenvalue weighted by molar-refractivity contribution is 5.31. The molecule has 2 unspecified atom stereocenters. The fourth-order valence-corrected chi connectivity index (χ4v) is 2.47. The Bertz CT molecular complexity index is 405. The lowest BCUT2D eigenvalue weighted by Gasteiger charge is -2.37. The number of ether oxygens (including phenoxy) is 1. The highest BCUT2D eigenvalue weighted by Crippen LogP contribution is 2.18. The molecule has 3 heteroatoms. The van der Waals surface area contributed by atoms with Gasteiger partial charge in [0.25, 0.3) is 0 Å². The van der Waals surface area contributed by atoms with E-state index in [0.29, 0.717) is 18.7 Å². The molecule has 2 N–H and O–H groups in total. The fraction of sp³-hybridized carbons (Fsp3) is 0.600. The maximum absolute atomic E-state index is 5.67. The van der Waals surface area contributed by atoms with Crippen LogP contribution in [0.15, 0.2) is 18.2 Å². The molecule has 0 amide bonds. The number of benzene rings is 1. The van der Waals surface area contributed by atoms with E-state index in [0.717, 1.165) is 19.7 Å². The second-order valence-corrected chi connectivity index (χ2v) is 5.39. The number of nitrogens with zero attached hydrogens (tertiary/aromatic N) is 1. The van der Waals surface area contributed by atoms with Gasteiger partial charge in [0.2, 0.25) is 0 Å². The number of aryl methyl sites for hydroxylation is 1. The Hall–Kier alpha value is -0.900. The van der Waals surface area contributed by atoms with Crippen LogP contribution in [0.25, 0.3) is 0 Å². The van der Waals surface area contributed by atoms with Gasteiger partial charge >= 0.3 is 0 Å². The largest absolute Gasteiger partial charge is 0.376 e. The van der Waals surface area contributed by atoms with Crippen molar-refractivity contribution in [3.63, 3.8) is 0 Å². The van der Waals surface area contributed by atoms with Gasteiger partial charge in [0.15, 0.2) is 0 Å².